The van der Waals surface area contributed by atoms with E-state index in [0.717, 1.165) is 5.56 Å². The van der Waals surface area contributed by atoms with Gasteiger partial charge in [0, 0.05) is 5.38 Å². The van der Waals surface area contributed by atoms with Crippen LogP contribution >= 0.6 is 11.3 Å². The summed E-state index contributed by atoms with van der Waals surface area (Å²) in [6, 6.07) is 8.66. The van der Waals surface area contributed by atoms with E-state index < -0.39 is 9.84 Å². The Morgan fingerprint density at radius 2 is 1.87 bits per heavy atom. The van der Waals surface area contributed by atoms with E-state index in [1.807, 2.05) is 6.07 Å². The van der Waals surface area contributed by atoms with Gasteiger partial charge in [0.15, 0.2) is 0 Å². The van der Waals surface area contributed by atoms with E-state index in [4.69, 9.17) is 0 Å². The highest BCUT2D eigenvalue weighted by molar-refractivity contribution is 7.91. The molecule has 1 aromatic heterocycles. The summed E-state index contributed by atoms with van der Waals surface area (Å²) in [5, 5.41) is 3.42. The third-order valence-electron chi connectivity index (χ3n) is 2.19. The standard InChI is InChI=1S/C11H10O2S2/c1-9-4-2-3-5-11(9)15(12,13)10-6-7-14-8-10/h2-8H,1H3. The van der Waals surface area contributed by atoms with Gasteiger partial charge < -0.3 is 0 Å². The van der Waals surface area contributed by atoms with E-state index >= 15 is 0 Å². The Bertz CT molecular complexity index is 554. The van der Waals surface area contributed by atoms with Crippen molar-refractivity contribution in [1.29, 1.82) is 0 Å². The third-order valence-corrected chi connectivity index (χ3v) is 4.93. The number of thiophene rings is 1. The minimum Gasteiger partial charge on any atom is -0.218 e. The first-order valence-corrected chi connectivity index (χ1v) is 6.88. The lowest BCUT2D eigenvalue weighted by Gasteiger charge is -2.04. The molecule has 0 saturated heterocycles. The van der Waals surface area contributed by atoms with Gasteiger partial charge in [-0.2, -0.15) is 11.3 Å². The summed E-state index contributed by atoms with van der Waals surface area (Å²) < 4.78 is 24.2. The first-order chi connectivity index (χ1) is 7.12. The Balaban J connectivity index is 2.62. The highest BCUT2D eigenvalue weighted by Gasteiger charge is 2.19. The summed E-state index contributed by atoms with van der Waals surface area (Å²) in [4.78, 5) is 0.769. The summed E-state index contributed by atoms with van der Waals surface area (Å²) in [5.74, 6) is 0. The zero-order valence-electron chi connectivity index (χ0n) is 8.17. The molecule has 0 bridgehead atoms. The molecule has 0 N–H and O–H groups in total. The van der Waals surface area contributed by atoms with Crippen LogP contribution in [0.5, 0.6) is 0 Å². The summed E-state index contributed by atoms with van der Waals surface area (Å²) in [7, 11) is -3.32. The van der Waals surface area contributed by atoms with Crippen molar-refractivity contribution in [3.63, 3.8) is 0 Å². The van der Waals surface area contributed by atoms with Gasteiger partial charge >= 0.3 is 0 Å². The van der Waals surface area contributed by atoms with Crippen LogP contribution in [0.15, 0.2) is 50.9 Å². The maximum atomic E-state index is 12.1. The molecular weight excluding hydrogens is 228 g/mol. The molecule has 2 nitrogen and oxygen atoms in total. The van der Waals surface area contributed by atoms with E-state index in [1.165, 1.54) is 11.3 Å². The van der Waals surface area contributed by atoms with Crippen LogP contribution in [0.1, 0.15) is 5.56 Å². The molecule has 2 aromatic rings. The first kappa shape index (κ1) is 10.4. The number of hydrogen-bond donors (Lipinski definition) is 0. The second-order valence-corrected chi connectivity index (χ2v) is 5.93. The Hall–Kier alpha value is -1.13. The summed E-state index contributed by atoms with van der Waals surface area (Å²) >= 11 is 1.39. The number of rotatable bonds is 2. The SMILES string of the molecule is Cc1ccccc1S(=O)(=O)c1ccsc1. The van der Waals surface area contributed by atoms with Crippen LogP contribution in [0.2, 0.25) is 0 Å². The molecule has 4 heteroatoms. The highest BCUT2D eigenvalue weighted by atomic mass is 32.2. The van der Waals surface area contributed by atoms with Crippen LogP contribution in [-0.2, 0) is 9.84 Å². The van der Waals surface area contributed by atoms with Crippen LogP contribution in [0.3, 0.4) is 0 Å². The Morgan fingerprint density at radius 1 is 1.13 bits per heavy atom. The third kappa shape index (κ3) is 1.82. The molecule has 15 heavy (non-hydrogen) atoms. The molecule has 1 aromatic carbocycles. The maximum Gasteiger partial charge on any atom is 0.207 e. The van der Waals surface area contributed by atoms with Crippen LogP contribution in [0.25, 0.3) is 0 Å². The predicted molar refractivity (Wildman–Crippen MR) is 60.9 cm³/mol. The lowest BCUT2D eigenvalue weighted by Crippen LogP contribution is -2.02. The topological polar surface area (TPSA) is 34.1 Å². The molecule has 0 aliphatic heterocycles. The average Bonchev–Trinajstić information content (AvgIpc) is 2.71. The molecule has 0 saturated carbocycles. The van der Waals surface area contributed by atoms with Gasteiger partial charge in [-0.1, -0.05) is 18.2 Å². The van der Waals surface area contributed by atoms with Gasteiger partial charge in [0.05, 0.1) is 9.79 Å². The predicted octanol–water partition coefficient (Wildman–Crippen LogP) is 2.89. The van der Waals surface area contributed by atoms with Gasteiger partial charge in [-0.25, -0.2) is 8.42 Å². The van der Waals surface area contributed by atoms with Crippen molar-refractivity contribution in [1.82, 2.24) is 0 Å². The molecule has 1 heterocycles. The van der Waals surface area contributed by atoms with Crippen LogP contribution in [-0.4, -0.2) is 8.42 Å². The van der Waals surface area contributed by atoms with Crippen molar-refractivity contribution in [3.05, 3.63) is 46.7 Å². The second-order valence-electron chi connectivity index (χ2n) is 3.23. The fourth-order valence-electron chi connectivity index (χ4n) is 1.39. The molecule has 0 atom stereocenters. The maximum absolute atomic E-state index is 12.1. The smallest absolute Gasteiger partial charge is 0.207 e. The van der Waals surface area contributed by atoms with Gasteiger partial charge in [0.1, 0.15) is 0 Å². The molecule has 0 spiro atoms. The number of hydrogen-bond acceptors (Lipinski definition) is 3. The fourth-order valence-corrected chi connectivity index (χ4v) is 3.92. The minimum absolute atomic E-state index is 0.377. The Labute approximate surface area is 93.1 Å². The molecule has 0 unspecified atom stereocenters. The van der Waals surface area contributed by atoms with Gasteiger partial charge in [-0.3, -0.25) is 0 Å². The molecule has 2 rings (SSSR count). The molecule has 0 fully saturated rings. The lowest BCUT2D eigenvalue weighted by atomic mass is 10.2. The second kappa shape index (κ2) is 3.79. The molecule has 78 valence electrons. The molecule has 0 aliphatic carbocycles. The highest BCUT2D eigenvalue weighted by Crippen LogP contribution is 2.24. The Kier molecular flexibility index (Phi) is 2.63. The van der Waals surface area contributed by atoms with Crippen molar-refractivity contribution in [3.8, 4) is 0 Å². The van der Waals surface area contributed by atoms with Gasteiger partial charge in [-0.05, 0) is 30.0 Å². The van der Waals surface area contributed by atoms with Crippen molar-refractivity contribution >= 4 is 21.2 Å². The first-order valence-electron chi connectivity index (χ1n) is 4.45. The van der Waals surface area contributed by atoms with Gasteiger partial charge in [0.2, 0.25) is 9.84 Å². The number of aryl methyl sites for hydroxylation is 1. The van der Waals surface area contributed by atoms with Crippen molar-refractivity contribution in [2.24, 2.45) is 0 Å². The number of sulfone groups is 1. The average molecular weight is 238 g/mol. The van der Waals surface area contributed by atoms with Crippen LogP contribution in [0.4, 0.5) is 0 Å². The fraction of sp³-hybridized carbons (Fsp3) is 0.0909. The monoisotopic (exact) mass is 238 g/mol. The normalized spacial score (nSPS) is 11.5. The van der Waals surface area contributed by atoms with E-state index in [-0.39, 0.29) is 0 Å². The van der Waals surface area contributed by atoms with E-state index in [2.05, 4.69) is 0 Å². The summed E-state index contributed by atoms with van der Waals surface area (Å²) in [5.41, 5.74) is 0.781. The van der Waals surface area contributed by atoms with Crippen LogP contribution < -0.4 is 0 Å². The molecule has 0 amide bonds. The van der Waals surface area contributed by atoms with E-state index in [9.17, 15) is 8.42 Å². The van der Waals surface area contributed by atoms with E-state index in [1.54, 1.807) is 41.9 Å². The Morgan fingerprint density at radius 3 is 2.47 bits per heavy atom. The molecular formula is C11H10O2S2. The van der Waals surface area contributed by atoms with Gasteiger partial charge in [-0.15, -0.1) is 0 Å². The van der Waals surface area contributed by atoms with Gasteiger partial charge in [0.25, 0.3) is 0 Å². The largest absolute Gasteiger partial charge is 0.218 e. The molecule has 0 radical (unpaired) electrons. The van der Waals surface area contributed by atoms with Crippen molar-refractivity contribution in [2.45, 2.75) is 16.7 Å². The zero-order chi connectivity index (χ0) is 10.9. The van der Waals surface area contributed by atoms with E-state index in [0.29, 0.717) is 9.79 Å². The van der Waals surface area contributed by atoms with Crippen molar-refractivity contribution in [2.75, 3.05) is 0 Å². The quantitative estimate of drug-likeness (QED) is 0.806. The van der Waals surface area contributed by atoms with Crippen molar-refractivity contribution < 1.29 is 8.42 Å². The summed E-state index contributed by atoms with van der Waals surface area (Å²) in [6.45, 7) is 1.80. The zero-order valence-corrected chi connectivity index (χ0v) is 9.81. The summed E-state index contributed by atoms with van der Waals surface area (Å²) in [6.07, 6.45) is 0. The lowest BCUT2D eigenvalue weighted by molar-refractivity contribution is 0.596. The molecule has 0 aliphatic rings. The van der Waals surface area contributed by atoms with Crippen LogP contribution in [0, 0.1) is 6.92 Å². The number of benzene rings is 1. The minimum atomic E-state index is -3.32.